The monoisotopic (exact) mass is 273 g/mol. The fourth-order valence-corrected chi connectivity index (χ4v) is 3.24. The van der Waals surface area contributed by atoms with Gasteiger partial charge in [-0.25, -0.2) is 0 Å². The van der Waals surface area contributed by atoms with Gasteiger partial charge in [-0.05, 0) is 25.1 Å². The normalized spacial score (nSPS) is 26.4. The largest absolute Gasteiger partial charge is 0.325 e. The Kier molecular flexibility index (Phi) is 3.22. The number of nitrogens with zero attached hydrogens (tertiary/aromatic N) is 2. The van der Waals surface area contributed by atoms with Gasteiger partial charge in [0.25, 0.3) is 0 Å². The number of anilines is 1. The lowest BCUT2D eigenvalue weighted by atomic mass is 9.92. The fraction of sp³-hybridized carbons (Fsp3) is 0.467. The Morgan fingerprint density at radius 3 is 2.65 bits per heavy atom. The van der Waals surface area contributed by atoms with Crippen LogP contribution in [0.15, 0.2) is 30.3 Å². The Morgan fingerprint density at radius 2 is 2.05 bits per heavy atom. The van der Waals surface area contributed by atoms with Crippen LogP contribution in [0.1, 0.15) is 13.3 Å². The van der Waals surface area contributed by atoms with Crippen molar-refractivity contribution in [3.63, 3.8) is 0 Å². The second kappa shape index (κ2) is 4.90. The number of nitrogens with one attached hydrogen (secondary N) is 1. The molecule has 5 heteroatoms. The number of hydrogen-bond donors (Lipinski definition) is 1. The van der Waals surface area contributed by atoms with Gasteiger partial charge in [0, 0.05) is 19.2 Å². The first kappa shape index (κ1) is 13.1. The van der Waals surface area contributed by atoms with Crippen LogP contribution < -0.4 is 10.2 Å². The van der Waals surface area contributed by atoms with Crippen LogP contribution in [0, 0.1) is 0 Å². The summed E-state index contributed by atoms with van der Waals surface area (Å²) in [6, 6.07) is 9.68. The van der Waals surface area contributed by atoms with Crippen LogP contribution >= 0.6 is 0 Å². The summed E-state index contributed by atoms with van der Waals surface area (Å²) in [7, 11) is 0. The molecular weight excluding hydrogens is 254 g/mol. The smallest absolute Gasteiger partial charge is 0.246 e. The Labute approximate surface area is 118 Å². The first-order valence-electron chi connectivity index (χ1n) is 6.97. The van der Waals surface area contributed by atoms with Gasteiger partial charge in [-0.1, -0.05) is 18.2 Å². The summed E-state index contributed by atoms with van der Waals surface area (Å²) in [5.74, 6) is -0.0290. The minimum Gasteiger partial charge on any atom is -0.325 e. The molecule has 1 spiro atoms. The van der Waals surface area contributed by atoms with Gasteiger partial charge in [0.1, 0.15) is 6.54 Å². The summed E-state index contributed by atoms with van der Waals surface area (Å²) in [5.41, 5.74) is 0.655. The zero-order valence-electron chi connectivity index (χ0n) is 11.6. The van der Waals surface area contributed by atoms with E-state index in [0.717, 1.165) is 25.2 Å². The van der Waals surface area contributed by atoms with Crippen molar-refractivity contribution in [3.8, 4) is 0 Å². The summed E-state index contributed by atoms with van der Waals surface area (Å²) >= 11 is 0. The average molecular weight is 273 g/mol. The molecule has 0 aromatic heterocycles. The van der Waals surface area contributed by atoms with E-state index in [0.29, 0.717) is 6.54 Å². The number of carbonyl (C=O) groups excluding carboxylic acids is 2. The molecule has 0 aliphatic carbocycles. The average Bonchev–Trinajstić information content (AvgIpc) is 2.91. The number of piperazine rings is 1. The lowest BCUT2D eigenvalue weighted by molar-refractivity contribution is -0.142. The van der Waals surface area contributed by atoms with E-state index in [-0.39, 0.29) is 23.9 Å². The zero-order chi connectivity index (χ0) is 14.2. The molecular formula is C15H19N3O2. The Hall–Kier alpha value is -1.88. The van der Waals surface area contributed by atoms with Gasteiger partial charge in [0.2, 0.25) is 11.8 Å². The second-order valence-corrected chi connectivity index (χ2v) is 5.57. The van der Waals surface area contributed by atoms with E-state index in [2.05, 4.69) is 5.32 Å². The third kappa shape index (κ3) is 2.08. The van der Waals surface area contributed by atoms with Crippen molar-refractivity contribution in [1.82, 2.24) is 10.2 Å². The topological polar surface area (TPSA) is 52.7 Å². The molecule has 20 heavy (non-hydrogen) atoms. The third-order valence-corrected chi connectivity index (χ3v) is 4.29. The molecule has 2 aliphatic rings. The summed E-state index contributed by atoms with van der Waals surface area (Å²) in [6.07, 6.45) is 0.892. The van der Waals surface area contributed by atoms with Crippen molar-refractivity contribution >= 4 is 17.5 Å². The maximum Gasteiger partial charge on any atom is 0.246 e. The van der Waals surface area contributed by atoms with Gasteiger partial charge >= 0.3 is 0 Å². The Balaban J connectivity index is 1.93. The lowest BCUT2D eigenvalue weighted by Crippen LogP contribution is -2.66. The summed E-state index contributed by atoms with van der Waals surface area (Å²) in [5, 5.41) is 3.32. The van der Waals surface area contributed by atoms with Crippen LogP contribution in [0.2, 0.25) is 0 Å². The molecule has 5 nitrogen and oxygen atoms in total. The molecule has 2 amide bonds. The van der Waals surface area contributed by atoms with E-state index >= 15 is 0 Å². The quantitative estimate of drug-likeness (QED) is 0.816. The highest BCUT2D eigenvalue weighted by atomic mass is 16.2. The minimum absolute atomic E-state index is 0.0103. The highest BCUT2D eigenvalue weighted by molar-refractivity contribution is 5.98. The Morgan fingerprint density at radius 1 is 1.30 bits per heavy atom. The molecule has 2 saturated heterocycles. The molecule has 2 aliphatic heterocycles. The van der Waals surface area contributed by atoms with E-state index < -0.39 is 0 Å². The first-order valence-corrected chi connectivity index (χ1v) is 6.97. The predicted molar refractivity (Wildman–Crippen MR) is 76.4 cm³/mol. The van der Waals surface area contributed by atoms with Crippen LogP contribution in [0.3, 0.4) is 0 Å². The zero-order valence-corrected chi connectivity index (χ0v) is 11.6. The summed E-state index contributed by atoms with van der Waals surface area (Å²) in [6.45, 7) is 3.93. The van der Waals surface area contributed by atoms with Crippen molar-refractivity contribution < 1.29 is 9.59 Å². The molecule has 1 atom stereocenters. The molecule has 2 fully saturated rings. The lowest BCUT2D eigenvalue weighted by Gasteiger charge is -2.47. The van der Waals surface area contributed by atoms with Crippen molar-refractivity contribution in [3.05, 3.63) is 30.3 Å². The molecule has 0 radical (unpaired) electrons. The number of rotatable bonds is 1. The molecule has 0 saturated carbocycles. The van der Waals surface area contributed by atoms with E-state index in [9.17, 15) is 9.59 Å². The highest BCUT2D eigenvalue weighted by Gasteiger charge is 2.48. The first-order chi connectivity index (χ1) is 9.62. The summed E-state index contributed by atoms with van der Waals surface area (Å²) in [4.78, 5) is 27.8. The number of amides is 2. The van der Waals surface area contributed by atoms with Crippen LogP contribution in [0.25, 0.3) is 0 Å². The predicted octanol–water partition coefficient (Wildman–Crippen LogP) is 0.614. The van der Waals surface area contributed by atoms with Crippen LogP contribution in [0.5, 0.6) is 0 Å². The standard InChI is InChI=1S/C15H19N3O2/c1-12(19)18-9-14(20)17(13-5-3-2-4-6-13)11-15(18)7-8-16-10-15/h2-6,16H,7-11H2,1H3/t15-/m0/s1. The summed E-state index contributed by atoms with van der Waals surface area (Å²) < 4.78 is 0. The number of carbonyl (C=O) groups is 2. The molecule has 0 unspecified atom stereocenters. The molecule has 1 N–H and O–H groups in total. The van der Waals surface area contributed by atoms with Crippen LogP contribution in [-0.2, 0) is 9.59 Å². The molecule has 0 bridgehead atoms. The van der Waals surface area contributed by atoms with Gasteiger partial charge in [0.05, 0.1) is 12.1 Å². The Bertz CT molecular complexity index is 523. The fourth-order valence-electron chi connectivity index (χ4n) is 3.24. The highest BCUT2D eigenvalue weighted by Crippen LogP contribution is 2.31. The minimum atomic E-state index is -0.254. The van der Waals surface area contributed by atoms with E-state index in [1.807, 2.05) is 35.2 Å². The molecule has 2 heterocycles. The van der Waals surface area contributed by atoms with Crippen molar-refractivity contribution in [2.75, 3.05) is 31.1 Å². The van der Waals surface area contributed by atoms with Gasteiger partial charge < -0.3 is 15.1 Å². The van der Waals surface area contributed by atoms with Crippen LogP contribution in [0.4, 0.5) is 5.69 Å². The molecule has 1 aromatic carbocycles. The molecule has 3 rings (SSSR count). The van der Waals surface area contributed by atoms with E-state index in [1.165, 1.54) is 0 Å². The molecule has 106 valence electrons. The SMILES string of the molecule is CC(=O)N1CC(=O)N(c2ccccc2)C[C@@]12CCNC2. The van der Waals surface area contributed by atoms with E-state index in [4.69, 9.17) is 0 Å². The maximum atomic E-state index is 12.4. The van der Waals surface area contributed by atoms with Gasteiger partial charge in [-0.2, -0.15) is 0 Å². The van der Waals surface area contributed by atoms with Crippen molar-refractivity contribution in [1.29, 1.82) is 0 Å². The number of benzene rings is 1. The third-order valence-electron chi connectivity index (χ3n) is 4.29. The maximum absolute atomic E-state index is 12.4. The van der Waals surface area contributed by atoms with Crippen LogP contribution in [-0.4, -0.2) is 48.4 Å². The van der Waals surface area contributed by atoms with Crippen molar-refractivity contribution in [2.45, 2.75) is 18.9 Å². The number of hydrogen-bond acceptors (Lipinski definition) is 3. The molecule has 1 aromatic rings. The van der Waals surface area contributed by atoms with Crippen molar-refractivity contribution in [2.24, 2.45) is 0 Å². The van der Waals surface area contributed by atoms with Gasteiger partial charge in [0.15, 0.2) is 0 Å². The van der Waals surface area contributed by atoms with E-state index in [1.54, 1.807) is 11.8 Å². The van der Waals surface area contributed by atoms with Gasteiger partial charge in [-0.15, -0.1) is 0 Å². The number of para-hydroxylation sites is 1. The second-order valence-electron chi connectivity index (χ2n) is 5.57. The van der Waals surface area contributed by atoms with Gasteiger partial charge in [-0.3, -0.25) is 9.59 Å².